The van der Waals surface area contributed by atoms with Crippen molar-refractivity contribution in [2.75, 3.05) is 6.61 Å². The topological polar surface area (TPSA) is 100 Å². The predicted molar refractivity (Wildman–Crippen MR) is 128 cm³/mol. The molecule has 0 atom stereocenters. The van der Waals surface area contributed by atoms with E-state index in [1.807, 2.05) is 6.92 Å². The molecule has 7 heteroatoms. The van der Waals surface area contributed by atoms with Crippen molar-refractivity contribution in [3.05, 3.63) is 101 Å². The Morgan fingerprint density at radius 3 is 2.36 bits per heavy atom. The van der Waals surface area contributed by atoms with Crippen LogP contribution < -0.4 is 15.5 Å². The van der Waals surface area contributed by atoms with Crippen LogP contribution in [0.15, 0.2) is 89.7 Å². The minimum atomic E-state index is -0.614. The molecule has 33 heavy (non-hydrogen) atoms. The number of carbonyl (C=O) groups is 2. The van der Waals surface area contributed by atoms with Crippen molar-refractivity contribution in [3.63, 3.8) is 0 Å². The molecule has 0 aliphatic carbocycles. The summed E-state index contributed by atoms with van der Waals surface area (Å²) < 4.78 is 5.58. The summed E-state index contributed by atoms with van der Waals surface area (Å²) in [5.74, 6) is -0.281. The number of nitrogens with one attached hydrogen (secondary N) is 2. The van der Waals surface area contributed by atoms with Gasteiger partial charge in [-0.3, -0.25) is 9.59 Å². The Hall–Kier alpha value is -4.39. The fraction of sp³-hybridized carbons (Fsp3) is 0.115. The predicted octanol–water partition coefficient (Wildman–Crippen LogP) is 4.10. The smallest absolute Gasteiger partial charge is 0.287 e. The van der Waals surface area contributed by atoms with Crippen LogP contribution in [0.4, 0.5) is 0 Å². The van der Waals surface area contributed by atoms with Crippen molar-refractivity contribution in [2.24, 2.45) is 5.10 Å². The molecule has 0 heterocycles. The van der Waals surface area contributed by atoms with Gasteiger partial charge in [-0.1, -0.05) is 49.4 Å². The summed E-state index contributed by atoms with van der Waals surface area (Å²) in [6, 6.07) is 22.4. The van der Waals surface area contributed by atoms with Crippen molar-refractivity contribution in [1.29, 1.82) is 0 Å². The van der Waals surface area contributed by atoms with Crippen molar-refractivity contribution in [2.45, 2.75) is 13.3 Å². The van der Waals surface area contributed by atoms with E-state index in [1.54, 1.807) is 78.9 Å². The van der Waals surface area contributed by atoms with Crippen LogP contribution in [0.3, 0.4) is 0 Å². The van der Waals surface area contributed by atoms with Gasteiger partial charge in [-0.2, -0.15) is 5.10 Å². The van der Waals surface area contributed by atoms with Gasteiger partial charge in [0.15, 0.2) is 0 Å². The number of aromatic hydroxyl groups is 1. The average Bonchev–Trinajstić information content (AvgIpc) is 2.84. The van der Waals surface area contributed by atoms with Crippen LogP contribution in [0.5, 0.6) is 11.5 Å². The third-order valence-electron chi connectivity index (χ3n) is 4.50. The maximum atomic E-state index is 12.8. The molecule has 3 aromatic rings. The molecule has 3 rings (SSSR count). The van der Waals surface area contributed by atoms with Gasteiger partial charge < -0.3 is 15.2 Å². The highest BCUT2D eigenvalue weighted by atomic mass is 16.5. The zero-order chi connectivity index (χ0) is 23.5. The zero-order valence-electron chi connectivity index (χ0n) is 18.2. The van der Waals surface area contributed by atoms with Gasteiger partial charge in [0, 0.05) is 11.1 Å². The van der Waals surface area contributed by atoms with Crippen LogP contribution in [-0.2, 0) is 4.79 Å². The van der Waals surface area contributed by atoms with Crippen molar-refractivity contribution < 1.29 is 19.4 Å². The Morgan fingerprint density at radius 2 is 1.67 bits per heavy atom. The number of phenolic OH excluding ortho intramolecular Hbond substituents is 1. The number of amides is 2. The lowest BCUT2D eigenvalue weighted by Crippen LogP contribution is -2.32. The quantitative estimate of drug-likeness (QED) is 0.263. The molecule has 0 saturated carbocycles. The fourth-order valence-corrected chi connectivity index (χ4v) is 2.81. The van der Waals surface area contributed by atoms with E-state index in [0.717, 1.165) is 12.2 Å². The fourth-order valence-electron chi connectivity index (χ4n) is 2.81. The van der Waals surface area contributed by atoms with Gasteiger partial charge in [-0.25, -0.2) is 5.43 Å². The highest BCUT2D eigenvalue weighted by Crippen LogP contribution is 2.15. The normalized spacial score (nSPS) is 11.2. The third kappa shape index (κ3) is 7.07. The SMILES string of the molecule is CCCOc1ccc(/C=C(\NC(=O)c2ccccc2)C(=O)N/N=C\c2ccccc2O)cc1. The Labute approximate surface area is 192 Å². The zero-order valence-corrected chi connectivity index (χ0v) is 18.2. The number of rotatable bonds is 9. The van der Waals surface area contributed by atoms with E-state index in [4.69, 9.17) is 4.74 Å². The van der Waals surface area contributed by atoms with Gasteiger partial charge in [0.1, 0.15) is 17.2 Å². The van der Waals surface area contributed by atoms with Gasteiger partial charge in [0.2, 0.25) is 0 Å². The number of phenols is 1. The minimum Gasteiger partial charge on any atom is -0.507 e. The van der Waals surface area contributed by atoms with Crippen LogP contribution in [0, 0.1) is 0 Å². The van der Waals surface area contributed by atoms with Crippen LogP contribution in [0.2, 0.25) is 0 Å². The molecule has 3 N–H and O–H groups in total. The van der Waals surface area contributed by atoms with Gasteiger partial charge in [-0.15, -0.1) is 0 Å². The van der Waals surface area contributed by atoms with Crippen molar-refractivity contribution in [3.8, 4) is 11.5 Å². The maximum Gasteiger partial charge on any atom is 0.287 e. The standard InChI is InChI=1S/C26H25N3O4/c1-2-16-33-22-14-12-19(13-15-22)17-23(28-25(31)20-8-4-3-5-9-20)26(32)29-27-18-21-10-6-7-11-24(21)30/h3-15,17-18,30H,2,16H2,1H3,(H,28,31)(H,29,32)/b23-17-,27-18-. The van der Waals surface area contributed by atoms with E-state index in [9.17, 15) is 14.7 Å². The van der Waals surface area contributed by atoms with E-state index in [1.165, 1.54) is 12.3 Å². The number of benzene rings is 3. The first kappa shape index (κ1) is 23.3. The maximum absolute atomic E-state index is 12.8. The van der Waals surface area contributed by atoms with Crippen molar-refractivity contribution >= 4 is 24.1 Å². The molecule has 0 aliphatic heterocycles. The van der Waals surface area contributed by atoms with Gasteiger partial charge in [0.25, 0.3) is 11.8 Å². The summed E-state index contributed by atoms with van der Waals surface area (Å²) in [5, 5.41) is 16.4. The van der Waals surface area contributed by atoms with E-state index < -0.39 is 11.8 Å². The minimum absolute atomic E-state index is 0.0144. The highest BCUT2D eigenvalue weighted by Gasteiger charge is 2.14. The molecule has 7 nitrogen and oxygen atoms in total. The van der Waals surface area contributed by atoms with Crippen LogP contribution in [0.1, 0.15) is 34.8 Å². The molecule has 0 spiro atoms. The lowest BCUT2D eigenvalue weighted by molar-refractivity contribution is -0.117. The monoisotopic (exact) mass is 443 g/mol. The summed E-state index contributed by atoms with van der Waals surface area (Å²) in [6.07, 6.45) is 3.78. The lowest BCUT2D eigenvalue weighted by atomic mass is 10.1. The number of hydrogen-bond acceptors (Lipinski definition) is 5. The number of ether oxygens (including phenoxy) is 1. The van der Waals surface area contributed by atoms with Gasteiger partial charge in [-0.05, 0) is 54.5 Å². The van der Waals surface area contributed by atoms with E-state index in [0.29, 0.717) is 23.3 Å². The van der Waals surface area contributed by atoms with Crippen LogP contribution in [-0.4, -0.2) is 29.7 Å². The summed E-state index contributed by atoms with van der Waals surface area (Å²) in [7, 11) is 0. The molecular weight excluding hydrogens is 418 g/mol. The van der Waals surface area contributed by atoms with E-state index in [2.05, 4.69) is 15.8 Å². The average molecular weight is 444 g/mol. The largest absolute Gasteiger partial charge is 0.507 e. The molecule has 168 valence electrons. The van der Waals surface area contributed by atoms with Crippen molar-refractivity contribution in [1.82, 2.24) is 10.7 Å². The number of hydrazone groups is 1. The summed E-state index contributed by atoms with van der Waals surface area (Å²) in [4.78, 5) is 25.4. The first-order valence-electron chi connectivity index (χ1n) is 10.5. The highest BCUT2D eigenvalue weighted by molar-refractivity contribution is 6.05. The molecule has 0 aliphatic rings. The molecule has 0 fully saturated rings. The second-order valence-electron chi connectivity index (χ2n) is 7.05. The molecule has 0 bridgehead atoms. The van der Waals surface area contributed by atoms with Crippen LogP contribution in [0.25, 0.3) is 6.08 Å². The molecular formula is C26H25N3O4. The molecule has 0 radical (unpaired) electrons. The van der Waals surface area contributed by atoms with E-state index in [-0.39, 0.29) is 11.4 Å². The third-order valence-corrected chi connectivity index (χ3v) is 4.50. The Bertz CT molecular complexity index is 1140. The Morgan fingerprint density at radius 1 is 0.970 bits per heavy atom. The second-order valence-corrected chi connectivity index (χ2v) is 7.05. The first-order valence-corrected chi connectivity index (χ1v) is 10.5. The molecule has 0 unspecified atom stereocenters. The van der Waals surface area contributed by atoms with E-state index >= 15 is 0 Å². The number of hydrogen-bond donors (Lipinski definition) is 3. The first-order chi connectivity index (χ1) is 16.1. The molecule has 3 aromatic carbocycles. The summed E-state index contributed by atoms with van der Waals surface area (Å²) >= 11 is 0. The van der Waals surface area contributed by atoms with Crippen LogP contribution >= 0.6 is 0 Å². The number of carbonyl (C=O) groups excluding carboxylic acids is 2. The molecule has 0 saturated heterocycles. The number of para-hydroxylation sites is 1. The summed E-state index contributed by atoms with van der Waals surface area (Å²) in [6.45, 7) is 2.64. The van der Waals surface area contributed by atoms with Gasteiger partial charge in [0.05, 0.1) is 12.8 Å². The molecule has 0 aromatic heterocycles. The second kappa shape index (κ2) is 11.9. The number of nitrogens with zero attached hydrogens (tertiary/aromatic N) is 1. The Kier molecular flexibility index (Phi) is 8.36. The lowest BCUT2D eigenvalue weighted by Gasteiger charge is -2.10. The molecule has 2 amide bonds. The summed E-state index contributed by atoms with van der Waals surface area (Å²) in [5.41, 5.74) is 3.96. The van der Waals surface area contributed by atoms with Gasteiger partial charge >= 0.3 is 0 Å². The Balaban J connectivity index is 1.79.